The molecule has 3 heterocycles. The van der Waals surface area contributed by atoms with Crippen LogP contribution in [0.5, 0.6) is 0 Å². The smallest absolute Gasteiger partial charge is 0.261 e. The van der Waals surface area contributed by atoms with Crippen LogP contribution < -0.4 is 14.9 Å². The lowest BCUT2D eigenvalue weighted by Crippen LogP contribution is -2.43. The molecule has 9 heteroatoms. The first-order valence-corrected chi connectivity index (χ1v) is 10.5. The predicted molar refractivity (Wildman–Crippen MR) is 109 cm³/mol. The SMILES string of the molecule is Cn1cc(NS(=O)(=O)c2ccc(-c3ccnc(N4CCNCC4)c3)cc2)cn1. The molecule has 0 aliphatic carbocycles. The van der Waals surface area contributed by atoms with Crippen molar-refractivity contribution in [3.8, 4) is 11.1 Å². The fraction of sp³-hybridized carbons (Fsp3) is 0.263. The molecule has 0 saturated carbocycles. The molecule has 0 bridgehead atoms. The summed E-state index contributed by atoms with van der Waals surface area (Å²) in [6.45, 7) is 3.74. The maximum Gasteiger partial charge on any atom is 0.261 e. The monoisotopic (exact) mass is 398 g/mol. The summed E-state index contributed by atoms with van der Waals surface area (Å²) in [6, 6.07) is 10.8. The number of nitrogens with one attached hydrogen (secondary N) is 2. The lowest BCUT2D eigenvalue weighted by molar-refractivity contribution is 0.585. The Labute approximate surface area is 164 Å². The van der Waals surface area contributed by atoms with Crippen molar-refractivity contribution in [2.24, 2.45) is 7.05 Å². The molecule has 0 radical (unpaired) electrons. The molecule has 0 atom stereocenters. The van der Waals surface area contributed by atoms with E-state index in [1.165, 1.54) is 6.20 Å². The zero-order valence-corrected chi connectivity index (χ0v) is 16.4. The van der Waals surface area contributed by atoms with Gasteiger partial charge < -0.3 is 10.2 Å². The Morgan fingerprint density at radius 3 is 2.50 bits per heavy atom. The van der Waals surface area contributed by atoms with Crippen LogP contribution in [-0.2, 0) is 17.1 Å². The molecular weight excluding hydrogens is 376 g/mol. The van der Waals surface area contributed by atoms with Gasteiger partial charge in [-0.25, -0.2) is 13.4 Å². The minimum atomic E-state index is -3.66. The van der Waals surface area contributed by atoms with Crippen molar-refractivity contribution in [2.75, 3.05) is 35.8 Å². The second-order valence-electron chi connectivity index (χ2n) is 6.67. The number of anilines is 2. The third-order valence-electron chi connectivity index (χ3n) is 4.64. The normalized spacial score (nSPS) is 14.8. The Morgan fingerprint density at radius 2 is 1.82 bits per heavy atom. The average Bonchev–Trinajstić information content (AvgIpc) is 3.13. The van der Waals surface area contributed by atoms with E-state index in [1.54, 1.807) is 36.3 Å². The van der Waals surface area contributed by atoms with Gasteiger partial charge in [0.05, 0.1) is 16.8 Å². The summed E-state index contributed by atoms with van der Waals surface area (Å²) in [5, 5.41) is 7.30. The van der Waals surface area contributed by atoms with E-state index < -0.39 is 10.0 Å². The molecule has 1 aliphatic heterocycles. The zero-order valence-electron chi connectivity index (χ0n) is 15.5. The van der Waals surface area contributed by atoms with Gasteiger partial charge in [-0.05, 0) is 35.4 Å². The molecule has 0 spiro atoms. The first kappa shape index (κ1) is 18.5. The Morgan fingerprint density at radius 1 is 1.07 bits per heavy atom. The van der Waals surface area contributed by atoms with Crippen molar-refractivity contribution < 1.29 is 8.42 Å². The van der Waals surface area contributed by atoms with E-state index in [1.807, 2.05) is 24.3 Å². The summed E-state index contributed by atoms with van der Waals surface area (Å²) in [7, 11) is -1.92. The number of pyridine rings is 1. The van der Waals surface area contributed by atoms with Crippen LogP contribution in [0.3, 0.4) is 0 Å². The molecule has 0 unspecified atom stereocenters. The zero-order chi connectivity index (χ0) is 19.6. The summed E-state index contributed by atoms with van der Waals surface area (Å²) in [6.07, 6.45) is 4.88. The largest absolute Gasteiger partial charge is 0.354 e. The summed E-state index contributed by atoms with van der Waals surface area (Å²) in [5.41, 5.74) is 2.38. The van der Waals surface area contributed by atoms with E-state index in [0.29, 0.717) is 5.69 Å². The number of aryl methyl sites for hydroxylation is 1. The van der Waals surface area contributed by atoms with Gasteiger partial charge in [0.1, 0.15) is 5.82 Å². The quantitative estimate of drug-likeness (QED) is 0.680. The van der Waals surface area contributed by atoms with Gasteiger partial charge in [-0.3, -0.25) is 9.40 Å². The van der Waals surface area contributed by atoms with Crippen LogP contribution in [0.2, 0.25) is 0 Å². The highest BCUT2D eigenvalue weighted by atomic mass is 32.2. The Balaban J connectivity index is 1.54. The van der Waals surface area contributed by atoms with Crippen molar-refractivity contribution in [2.45, 2.75) is 4.90 Å². The highest BCUT2D eigenvalue weighted by Crippen LogP contribution is 2.25. The molecule has 28 heavy (non-hydrogen) atoms. The number of benzene rings is 1. The van der Waals surface area contributed by atoms with Crippen LogP contribution in [0, 0.1) is 0 Å². The first-order valence-electron chi connectivity index (χ1n) is 9.05. The summed E-state index contributed by atoms with van der Waals surface area (Å²) in [5.74, 6) is 0.939. The fourth-order valence-corrected chi connectivity index (χ4v) is 4.21. The maximum atomic E-state index is 12.5. The van der Waals surface area contributed by atoms with Gasteiger partial charge in [0.2, 0.25) is 0 Å². The Bertz CT molecular complexity index is 1060. The van der Waals surface area contributed by atoms with E-state index >= 15 is 0 Å². The third kappa shape index (κ3) is 4.00. The molecule has 1 fully saturated rings. The molecule has 2 aromatic heterocycles. The standard InChI is InChI=1S/C19H22N6O2S/c1-24-14-17(13-22-24)23-28(26,27)18-4-2-15(3-5-18)16-6-7-21-19(12-16)25-10-8-20-9-11-25/h2-7,12-14,20,23H,8-11H2,1H3. The molecule has 4 rings (SSSR count). The van der Waals surface area contributed by atoms with Crippen LogP contribution in [-0.4, -0.2) is 49.4 Å². The van der Waals surface area contributed by atoms with Crippen LogP contribution >= 0.6 is 0 Å². The van der Waals surface area contributed by atoms with Crippen molar-refractivity contribution in [3.63, 3.8) is 0 Å². The molecule has 0 amide bonds. The number of piperazine rings is 1. The summed E-state index contributed by atoms with van der Waals surface area (Å²) in [4.78, 5) is 6.93. The number of sulfonamides is 1. The lowest BCUT2D eigenvalue weighted by Gasteiger charge is -2.28. The molecule has 3 aromatic rings. The van der Waals surface area contributed by atoms with Crippen LogP contribution in [0.15, 0.2) is 59.9 Å². The van der Waals surface area contributed by atoms with Crippen LogP contribution in [0.25, 0.3) is 11.1 Å². The molecule has 8 nitrogen and oxygen atoms in total. The van der Waals surface area contributed by atoms with Crippen molar-refractivity contribution in [3.05, 3.63) is 55.0 Å². The number of hydrogen-bond acceptors (Lipinski definition) is 6. The minimum Gasteiger partial charge on any atom is -0.354 e. The lowest BCUT2D eigenvalue weighted by atomic mass is 10.1. The number of rotatable bonds is 5. The van der Waals surface area contributed by atoms with E-state index in [4.69, 9.17) is 0 Å². The second-order valence-corrected chi connectivity index (χ2v) is 8.35. The maximum absolute atomic E-state index is 12.5. The van der Waals surface area contributed by atoms with E-state index in [0.717, 1.165) is 43.1 Å². The topological polar surface area (TPSA) is 92.2 Å². The van der Waals surface area contributed by atoms with E-state index in [9.17, 15) is 8.42 Å². The van der Waals surface area contributed by atoms with Crippen molar-refractivity contribution >= 4 is 21.5 Å². The minimum absolute atomic E-state index is 0.205. The third-order valence-corrected chi connectivity index (χ3v) is 6.04. The highest BCUT2D eigenvalue weighted by molar-refractivity contribution is 7.92. The fourth-order valence-electron chi connectivity index (χ4n) is 3.18. The molecule has 146 valence electrons. The van der Waals surface area contributed by atoms with Gasteiger partial charge in [0, 0.05) is 45.6 Å². The van der Waals surface area contributed by atoms with Gasteiger partial charge in [0.15, 0.2) is 0 Å². The van der Waals surface area contributed by atoms with E-state index in [2.05, 4.69) is 25.0 Å². The Kier molecular flexibility index (Phi) is 5.01. The number of aromatic nitrogens is 3. The average molecular weight is 398 g/mol. The van der Waals surface area contributed by atoms with Crippen molar-refractivity contribution in [1.82, 2.24) is 20.1 Å². The predicted octanol–water partition coefficient (Wildman–Crippen LogP) is 1.69. The van der Waals surface area contributed by atoms with Gasteiger partial charge in [-0.1, -0.05) is 12.1 Å². The van der Waals surface area contributed by atoms with Gasteiger partial charge >= 0.3 is 0 Å². The van der Waals surface area contributed by atoms with Gasteiger partial charge in [-0.2, -0.15) is 5.10 Å². The second kappa shape index (κ2) is 7.61. The first-order chi connectivity index (χ1) is 13.5. The van der Waals surface area contributed by atoms with Crippen LogP contribution in [0.1, 0.15) is 0 Å². The summed E-state index contributed by atoms with van der Waals surface area (Å²) < 4.78 is 29.2. The summed E-state index contributed by atoms with van der Waals surface area (Å²) >= 11 is 0. The highest BCUT2D eigenvalue weighted by Gasteiger charge is 2.16. The van der Waals surface area contributed by atoms with E-state index in [-0.39, 0.29) is 4.90 Å². The molecular formula is C19H22N6O2S. The molecule has 1 saturated heterocycles. The molecule has 1 aromatic carbocycles. The van der Waals surface area contributed by atoms with Gasteiger partial charge in [0.25, 0.3) is 10.0 Å². The van der Waals surface area contributed by atoms with Gasteiger partial charge in [-0.15, -0.1) is 0 Å². The Hall–Kier alpha value is -2.91. The number of nitrogens with zero attached hydrogens (tertiary/aromatic N) is 4. The number of hydrogen-bond donors (Lipinski definition) is 2. The molecule has 1 aliphatic rings. The van der Waals surface area contributed by atoms with Crippen molar-refractivity contribution in [1.29, 1.82) is 0 Å². The van der Waals surface area contributed by atoms with Crippen LogP contribution in [0.4, 0.5) is 11.5 Å². The molecule has 2 N–H and O–H groups in total.